The van der Waals surface area contributed by atoms with Gasteiger partial charge in [0.1, 0.15) is 0 Å². The van der Waals surface area contributed by atoms with Crippen LogP contribution in [0, 0.1) is 11.3 Å². The molecule has 1 aromatic carbocycles. The van der Waals surface area contributed by atoms with E-state index in [0.29, 0.717) is 5.75 Å². The first-order valence-electron chi connectivity index (χ1n) is 4.22. The maximum Gasteiger partial charge on any atom is 0.0955 e. The van der Waals surface area contributed by atoms with Gasteiger partial charge in [0.2, 0.25) is 0 Å². The van der Waals surface area contributed by atoms with E-state index in [4.69, 9.17) is 5.26 Å². The second kappa shape index (κ2) is 3.72. The molecule has 70 valence electrons. The van der Waals surface area contributed by atoms with Gasteiger partial charge in [-0.05, 0) is 18.2 Å². The highest BCUT2D eigenvalue weighted by Gasteiger charge is 2.00. The SMILES string of the molecule is Cn1cnc2cc(SCC#N)ccc21. The van der Waals surface area contributed by atoms with Crippen molar-refractivity contribution in [2.45, 2.75) is 4.90 Å². The fourth-order valence-corrected chi connectivity index (χ4v) is 1.91. The van der Waals surface area contributed by atoms with Crippen molar-refractivity contribution in [2.24, 2.45) is 7.05 Å². The molecular formula is C10H9N3S. The zero-order valence-corrected chi connectivity index (χ0v) is 8.58. The third kappa shape index (κ3) is 1.59. The molecule has 0 amide bonds. The minimum atomic E-state index is 0.484. The van der Waals surface area contributed by atoms with Gasteiger partial charge in [0, 0.05) is 11.9 Å². The third-order valence-corrected chi connectivity index (χ3v) is 2.86. The van der Waals surface area contributed by atoms with Gasteiger partial charge in [-0.1, -0.05) is 0 Å². The summed E-state index contributed by atoms with van der Waals surface area (Å²) in [5.41, 5.74) is 2.10. The van der Waals surface area contributed by atoms with Crippen molar-refractivity contribution in [3.05, 3.63) is 24.5 Å². The highest BCUT2D eigenvalue weighted by Crippen LogP contribution is 2.22. The van der Waals surface area contributed by atoms with Crippen molar-refractivity contribution in [2.75, 3.05) is 5.75 Å². The van der Waals surface area contributed by atoms with Gasteiger partial charge in [0.25, 0.3) is 0 Å². The first-order chi connectivity index (χ1) is 6.81. The van der Waals surface area contributed by atoms with Crippen LogP contribution in [0.5, 0.6) is 0 Å². The van der Waals surface area contributed by atoms with Gasteiger partial charge in [0.05, 0.1) is 29.2 Å². The molecule has 0 aliphatic rings. The summed E-state index contributed by atoms with van der Waals surface area (Å²) in [6, 6.07) is 8.17. The minimum Gasteiger partial charge on any atom is -0.334 e. The van der Waals surface area contributed by atoms with Crippen molar-refractivity contribution >= 4 is 22.8 Å². The van der Waals surface area contributed by atoms with E-state index in [9.17, 15) is 0 Å². The zero-order chi connectivity index (χ0) is 9.97. The van der Waals surface area contributed by atoms with E-state index in [2.05, 4.69) is 11.1 Å². The molecule has 2 aromatic rings. The fraction of sp³-hybridized carbons (Fsp3) is 0.200. The Balaban J connectivity index is 2.38. The molecule has 0 atom stereocenters. The van der Waals surface area contributed by atoms with Crippen LogP contribution in [0.1, 0.15) is 0 Å². The average molecular weight is 203 g/mol. The first-order valence-corrected chi connectivity index (χ1v) is 5.20. The van der Waals surface area contributed by atoms with E-state index in [1.54, 1.807) is 6.33 Å². The summed E-state index contributed by atoms with van der Waals surface area (Å²) in [5.74, 6) is 0.484. The summed E-state index contributed by atoms with van der Waals surface area (Å²) in [4.78, 5) is 5.35. The summed E-state index contributed by atoms with van der Waals surface area (Å²) in [7, 11) is 1.97. The van der Waals surface area contributed by atoms with Crippen LogP contribution in [0.15, 0.2) is 29.4 Å². The molecule has 0 N–H and O–H groups in total. The van der Waals surface area contributed by atoms with Gasteiger partial charge >= 0.3 is 0 Å². The Kier molecular flexibility index (Phi) is 2.42. The summed E-state index contributed by atoms with van der Waals surface area (Å²) >= 11 is 1.53. The van der Waals surface area contributed by atoms with Crippen LogP contribution < -0.4 is 0 Å². The normalized spacial score (nSPS) is 10.3. The highest BCUT2D eigenvalue weighted by molar-refractivity contribution is 7.99. The van der Waals surface area contributed by atoms with E-state index in [-0.39, 0.29) is 0 Å². The Morgan fingerprint density at radius 3 is 3.21 bits per heavy atom. The summed E-state index contributed by atoms with van der Waals surface area (Å²) in [6.07, 6.45) is 1.80. The molecule has 4 heteroatoms. The standard InChI is InChI=1S/C10H9N3S/c1-13-7-12-9-6-8(14-5-4-11)2-3-10(9)13/h2-3,6-7H,5H2,1H3. The number of rotatable bonds is 2. The molecule has 0 aliphatic carbocycles. The molecule has 3 nitrogen and oxygen atoms in total. The van der Waals surface area contributed by atoms with Gasteiger partial charge in [-0.15, -0.1) is 11.8 Å². The second-order valence-corrected chi connectivity index (χ2v) is 4.00. The van der Waals surface area contributed by atoms with E-state index in [1.165, 1.54) is 11.8 Å². The van der Waals surface area contributed by atoms with Crippen LogP contribution in [0.2, 0.25) is 0 Å². The van der Waals surface area contributed by atoms with Gasteiger partial charge in [-0.25, -0.2) is 4.98 Å². The topological polar surface area (TPSA) is 41.6 Å². The van der Waals surface area contributed by atoms with Crippen molar-refractivity contribution in [3.8, 4) is 6.07 Å². The van der Waals surface area contributed by atoms with E-state index >= 15 is 0 Å². The van der Waals surface area contributed by atoms with Crippen LogP contribution in [-0.2, 0) is 7.05 Å². The predicted octanol–water partition coefficient (Wildman–Crippen LogP) is 2.19. The van der Waals surface area contributed by atoms with Crippen LogP contribution in [-0.4, -0.2) is 15.3 Å². The maximum atomic E-state index is 8.45. The van der Waals surface area contributed by atoms with Crippen molar-refractivity contribution in [3.63, 3.8) is 0 Å². The lowest BCUT2D eigenvalue weighted by Gasteiger charge is -1.97. The molecule has 0 unspecified atom stereocenters. The molecule has 0 aliphatic heterocycles. The van der Waals surface area contributed by atoms with Gasteiger partial charge in [-0.2, -0.15) is 5.26 Å². The largest absolute Gasteiger partial charge is 0.334 e. The van der Waals surface area contributed by atoms with Gasteiger partial charge in [-0.3, -0.25) is 0 Å². The van der Waals surface area contributed by atoms with Gasteiger partial charge < -0.3 is 4.57 Å². The van der Waals surface area contributed by atoms with E-state index < -0.39 is 0 Å². The zero-order valence-electron chi connectivity index (χ0n) is 7.77. The molecule has 1 aromatic heterocycles. The Morgan fingerprint density at radius 2 is 2.43 bits per heavy atom. The lowest BCUT2D eigenvalue weighted by molar-refractivity contribution is 0.947. The van der Waals surface area contributed by atoms with Crippen molar-refractivity contribution in [1.82, 2.24) is 9.55 Å². The maximum absolute atomic E-state index is 8.45. The van der Waals surface area contributed by atoms with Crippen LogP contribution in [0.3, 0.4) is 0 Å². The number of aromatic nitrogens is 2. The van der Waals surface area contributed by atoms with Crippen LogP contribution >= 0.6 is 11.8 Å². The van der Waals surface area contributed by atoms with Gasteiger partial charge in [0.15, 0.2) is 0 Å². The summed E-state index contributed by atoms with van der Waals surface area (Å²) < 4.78 is 1.98. The molecule has 2 rings (SSSR count). The quantitative estimate of drug-likeness (QED) is 0.702. The number of nitrogens with zero attached hydrogens (tertiary/aromatic N) is 3. The number of fused-ring (bicyclic) bond motifs is 1. The summed E-state index contributed by atoms with van der Waals surface area (Å²) in [6.45, 7) is 0. The molecule has 0 saturated heterocycles. The Bertz CT molecular complexity index is 496. The highest BCUT2D eigenvalue weighted by atomic mass is 32.2. The molecular weight excluding hydrogens is 194 g/mol. The lowest BCUT2D eigenvalue weighted by Crippen LogP contribution is -1.83. The number of benzene rings is 1. The lowest BCUT2D eigenvalue weighted by atomic mass is 10.3. The number of hydrogen-bond acceptors (Lipinski definition) is 3. The number of aryl methyl sites for hydroxylation is 1. The second-order valence-electron chi connectivity index (χ2n) is 2.95. The number of imidazole rings is 1. The average Bonchev–Trinajstić information content (AvgIpc) is 2.57. The summed E-state index contributed by atoms with van der Waals surface area (Å²) in [5, 5.41) is 8.45. The Hall–Kier alpha value is -1.47. The predicted molar refractivity (Wildman–Crippen MR) is 57.1 cm³/mol. The molecule has 0 spiro atoms. The first kappa shape index (κ1) is 9.10. The van der Waals surface area contributed by atoms with Crippen LogP contribution in [0.25, 0.3) is 11.0 Å². The monoisotopic (exact) mass is 203 g/mol. The van der Waals surface area contributed by atoms with E-state index in [1.807, 2.05) is 29.8 Å². The Morgan fingerprint density at radius 1 is 1.57 bits per heavy atom. The number of hydrogen-bond donors (Lipinski definition) is 0. The van der Waals surface area contributed by atoms with Crippen molar-refractivity contribution in [1.29, 1.82) is 5.26 Å². The molecule has 0 bridgehead atoms. The third-order valence-electron chi connectivity index (χ3n) is 2.00. The Labute approximate surface area is 86.4 Å². The molecule has 14 heavy (non-hydrogen) atoms. The smallest absolute Gasteiger partial charge is 0.0955 e. The molecule has 0 saturated carbocycles. The van der Waals surface area contributed by atoms with Crippen LogP contribution in [0.4, 0.5) is 0 Å². The molecule has 0 fully saturated rings. The van der Waals surface area contributed by atoms with E-state index in [0.717, 1.165) is 15.9 Å². The van der Waals surface area contributed by atoms with Crippen molar-refractivity contribution < 1.29 is 0 Å². The molecule has 1 heterocycles. The minimum absolute atomic E-state index is 0.484. The number of nitriles is 1. The molecule has 0 radical (unpaired) electrons. The fourth-order valence-electron chi connectivity index (χ4n) is 1.32. The number of thioether (sulfide) groups is 1.